The number of phenols is 1. The van der Waals surface area contributed by atoms with E-state index in [1.807, 2.05) is 0 Å². The van der Waals surface area contributed by atoms with Gasteiger partial charge in [-0.15, -0.1) is 0 Å². The first-order valence-electron chi connectivity index (χ1n) is 32.8. The number of ether oxygens (including phenoxy) is 6. The molecule has 3 heterocycles. The molecule has 0 aromatic heterocycles. The minimum absolute atomic E-state index is 0.0313. The van der Waals surface area contributed by atoms with Crippen molar-refractivity contribution in [3.05, 3.63) is 29.8 Å². The molecule has 33 nitrogen and oxygen atoms in total. The molecule has 3 aliphatic heterocycles. The second kappa shape index (κ2) is 44.1. The molecule has 0 saturated carbocycles. The summed E-state index contributed by atoms with van der Waals surface area (Å²) in [4.78, 5) is 104. The van der Waals surface area contributed by atoms with E-state index in [1.54, 1.807) is 19.2 Å². The van der Waals surface area contributed by atoms with Gasteiger partial charge in [-0.05, 0) is 82.5 Å². The van der Waals surface area contributed by atoms with Gasteiger partial charge in [0.2, 0.25) is 47.3 Å². The molecule has 18 unspecified atom stereocenters. The number of carbonyl (C=O) groups is 8. The zero-order valence-corrected chi connectivity index (χ0v) is 54.8. The molecule has 1 aromatic carbocycles. The largest absolute Gasteiger partial charge is 0.508 e. The fourth-order valence-corrected chi connectivity index (χ4v) is 11.0. The van der Waals surface area contributed by atoms with Gasteiger partial charge in [0.1, 0.15) is 90.9 Å². The number of hydrogen-bond donors (Lipinski definition) is 19. The fraction of sp³-hybridized carbons (Fsp3) is 0.774. The third-order valence-electron chi connectivity index (χ3n) is 16.4. The van der Waals surface area contributed by atoms with Crippen molar-refractivity contribution in [2.45, 2.75) is 240 Å². The first-order chi connectivity index (χ1) is 45.4. The lowest BCUT2D eigenvalue weighted by Crippen LogP contribution is -2.64. The first-order valence-corrected chi connectivity index (χ1v) is 32.8. The van der Waals surface area contributed by atoms with Gasteiger partial charge >= 0.3 is 0 Å². The Bertz CT molecular complexity index is 2480. The fourth-order valence-electron chi connectivity index (χ4n) is 11.0. The summed E-state index contributed by atoms with van der Waals surface area (Å²) >= 11 is 0. The van der Waals surface area contributed by atoms with E-state index < -0.39 is 177 Å². The number of amides is 8. The topological polar surface area (TPSA) is 503 Å². The van der Waals surface area contributed by atoms with E-state index in [1.165, 1.54) is 32.9 Å². The monoisotopic (exact) mass is 1360 g/mol. The Morgan fingerprint density at radius 1 is 0.442 bits per heavy atom. The number of benzene rings is 1. The van der Waals surface area contributed by atoms with Crippen molar-refractivity contribution >= 4 is 47.3 Å². The third-order valence-corrected chi connectivity index (χ3v) is 16.4. The van der Waals surface area contributed by atoms with Crippen LogP contribution in [0.15, 0.2) is 24.3 Å². The summed E-state index contributed by atoms with van der Waals surface area (Å²) < 4.78 is 34.2. The van der Waals surface area contributed by atoms with Crippen LogP contribution in [0, 0.1) is 0 Å². The molecule has 8 amide bonds. The normalized spacial score (nSPS) is 26.8. The van der Waals surface area contributed by atoms with E-state index in [9.17, 15) is 89.4 Å². The number of likely N-dealkylation sites (N-methyl/N-ethyl adjacent to an activating group) is 1. The lowest BCUT2D eigenvalue weighted by Gasteiger charge is -2.42. The maximum atomic E-state index is 13.9. The lowest BCUT2D eigenvalue weighted by molar-refractivity contribution is -0.270. The minimum atomic E-state index is -1.46. The number of carbonyl (C=O) groups excluding carboxylic acids is 8. The molecule has 0 aliphatic carbocycles. The van der Waals surface area contributed by atoms with Gasteiger partial charge in [0.05, 0.1) is 25.9 Å². The standard InChI is InChI=1S/C62H105N9O24/c1-35(75)67-48-54(84)51(81)43(32-72)93-60(48)90-28-14-8-5-11-25-64-46(79)23-21-40(57(87)65-26-12-6-9-15-29-91-61-49(68-36(2)76)55(85)52(82)44(33-73)94-61)70-47(80)24-22-41(71-59(89)42(63-4)31-38-17-19-39(78)20-18-38)58(88)66-27-13-7-10-16-30-92-62-50(69-37(3)77)56(86)53(83)45(34-74)95-62/h17-20,40-45,48-56,60-63,72-74,78,81-86H,5-16,21-34H2,1-4H3,(H,64,79)(H,65,87)(H,66,88)(H,67,75)(H,68,76)(H,69,77)(H,70,80)(H,71,89). The second-order valence-electron chi connectivity index (χ2n) is 24.1. The Labute approximate surface area is 553 Å². The maximum absolute atomic E-state index is 13.9. The van der Waals surface area contributed by atoms with Crippen LogP contribution < -0.4 is 47.9 Å². The first kappa shape index (κ1) is 81.6. The van der Waals surface area contributed by atoms with Crippen LogP contribution >= 0.6 is 0 Å². The molecule has 0 radical (unpaired) electrons. The molecule has 0 bridgehead atoms. The average molecular weight is 1360 g/mol. The van der Waals surface area contributed by atoms with E-state index >= 15 is 0 Å². The summed E-state index contributed by atoms with van der Waals surface area (Å²) in [5.41, 5.74) is 0.705. The van der Waals surface area contributed by atoms with Gasteiger partial charge < -0.3 is 127 Å². The molecule has 3 fully saturated rings. The summed E-state index contributed by atoms with van der Waals surface area (Å²) in [6.07, 6.45) is -9.44. The Morgan fingerprint density at radius 3 is 1.15 bits per heavy atom. The Balaban J connectivity index is 1.34. The molecule has 0 spiro atoms. The van der Waals surface area contributed by atoms with E-state index in [-0.39, 0.29) is 77.3 Å². The molecule has 3 aliphatic rings. The van der Waals surface area contributed by atoms with Crippen molar-refractivity contribution in [3.8, 4) is 5.75 Å². The Morgan fingerprint density at radius 2 is 0.789 bits per heavy atom. The minimum Gasteiger partial charge on any atom is -0.508 e. The zero-order valence-electron chi connectivity index (χ0n) is 54.8. The van der Waals surface area contributed by atoms with Crippen molar-refractivity contribution in [2.75, 3.05) is 66.3 Å². The average Bonchev–Trinajstić information content (AvgIpc) is 0.878. The van der Waals surface area contributed by atoms with E-state index in [0.717, 1.165) is 0 Å². The quantitative estimate of drug-likeness (QED) is 0.0272. The van der Waals surface area contributed by atoms with Gasteiger partial charge in [-0.1, -0.05) is 50.7 Å². The smallest absolute Gasteiger partial charge is 0.242 e. The van der Waals surface area contributed by atoms with Gasteiger partial charge in [0.25, 0.3) is 0 Å². The molecular weight excluding hydrogens is 1250 g/mol. The van der Waals surface area contributed by atoms with Crippen LogP contribution in [0.5, 0.6) is 5.75 Å². The van der Waals surface area contributed by atoms with Gasteiger partial charge in [0, 0.05) is 73.1 Å². The van der Waals surface area contributed by atoms with E-state index in [0.29, 0.717) is 82.6 Å². The SMILES string of the molecule is CNC(Cc1ccc(O)cc1)C(=O)NC(CCC(=O)NC(CCC(=O)NCCCCCCOC1OC(CO)C(O)C(O)C1NC(C)=O)C(=O)NCCCCCCOC1OC(CO)C(O)C(O)C1NC(C)=O)C(=O)NCCCCCCOC1OC(CO)C(O)C(O)C1NC(C)=O. The highest BCUT2D eigenvalue weighted by molar-refractivity contribution is 5.91. The van der Waals surface area contributed by atoms with Crippen LogP contribution in [0.4, 0.5) is 0 Å². The molecule has 1 aromatic rings. The number of aromatic hydroxyl groups is 1. The summed E-state index contributed by atoms with van der Waals surface area (Å²) in [6, 6.07) is -0.307. The van der Waals surface area contributed by atoms with Crippen LogP contribution in [-0.4, -0.2) is 275 Å². The Kier molecular flexibility index (Phi) is 37.9. The number of aliphatic hydroxyl groups excluding tert-OH is 9. The van der Waals surface area contributed by atoms with Crippen molar-refractivity contribution in [1.82, 2.24) is 47.9 Å². The second-order valence-corrected chi connectivity index (χ2v) is 24.1. The number of rotatable bonds is 44. The maximum Gasteiger partial charge on any atom is 0.242 e. The van der Waals surface area contributed by atoms with Gasteiger partial charge in [-0.2, -0.15) is 0 Å². The molecule has 542 valence electrons. The van der Waals surface area contributed by atoms with Crippen molar-refractivity contribution in [2.24, 2.45) is 0 Å². The summed E-state index contributed by atoms with van der Waals surface area (Å²) in [5, 5.41) is 126. The van der Waals surface area contributed by atoms with E-state index in [2.05, 4.69) is 47.9 Å². The van der Waals surface area contributed by atoms with Crippen LogP contribution in [-0.2, 0) is 73.2 Å². The summed E-state index contributed by atoms with van der Waals surface area (Å²) in [5.74, 6) is -4.22. The molecule has 33 heteroatoms. The molecule has 95 heavy (non-hydrogen) atoms. The number of unbranched alkanes of at least 4 members (excludes halogenated alkanes) is 9. The predicted octanol–water partition coefficient (Wildman–Crippen LogP) is -5.04. The van der Waals surface area contributed by atoms with Gasteiger partial charge in [-0.25, -0.2) is 0 Å². The van der Waals surface area contributed by atoms with Crippen molar-refractivity contribution in [3.63, 3.8) is 0 Å². The highest BCUT2D eigenvalue weighted by Gasteiger charge is 2.48. The lowest BCUT2D eigenvalue weighted by atomic mass is 9.97. The van der Waals surface area contributed by atoms with Gasteiger partial charge in [-0.3, -0.25) is 38.4 Å². The van der Waals surface area contributed by atoms with Crippen molar-refractivity contribution in [1.29, 1.82) is 0 Å². The molecule has 18 atom stereocenters. The van der Waals surface area contributed by atoms with Gasteiger partial charge in [0.15, 0.2) is 18.9 Å². The van der Waals surface area contributed by atoms with Crippen molar-refractivity contribution < 1.29 is 118 Å². The van der Waals surface area contributed by atoms with Crippen LogP contribution in [0.1, 0.15) is 129 Å². The number of aliphatic hydroxyl groups is 9. The van der Waals surface area contributed by atoms with Crippen LogP contribution in [0.25, 0.3) is 0 Å². The highest BCUT2D eigenvalue weighted by Crippen LogP contribution is 2.26. The summed E-state index contributed by atoms with van der Waals surface area (Å²) in [7, 11) is 1.57. The number of phenolic OH excluding ortho intramolecular Hbond substituents is 1. The summed E-state index contributed by atoms with van der Waals surface area (Å²) in [6.45, 7) is 2.97. The zero-order chi connectivity index (χ0) is 70.0. The van der Waals surface area contributed by atoms with Crippen LogP contribution in [0.2, 0.25) is 0 Å². The van der Waals surface area contributed by atoms with E-state index in [4.69, 9.17) is 28.4 Å². The third kappa shape index (κ3) is 28.6. The van der Waals surface area contributed by atoms with Crippen LogP contribution in [0.3, 0.4) is 0 Å². The molecule has 4 rings (SSSR count). The molecule has 19 N–H and O–H groups in total. The predicted molar refractivity (Wildman–Crippen MR) is 335 cm³/mol. The number of hydrogen-bond acceptors (Lipinski definition) is 25. The number of nitrogens with one attached hydrogen (secondary N) is 9. The molecular formula is C62H105N9O24. The Hall–Kier alpha value is -5.86. The molecule has 3 saturated heterocycles. The highest BCUT2D eigenvalue weighted by atomic mass is 16.7.